The van der Waals surface area contributed by atoms with E-state index in [0.717, 1.165) is 36.4 Å². The summed E-state index contributed by atoms with van der Waals surface area (Å²) in [6.07, 6.45) is -5.54. The Bertz CT molecular complexity index is 3690. The summed E-state index contributed by atoms with van der Waals surface area (Å²) in [4.78, 5) is 59.7. The molecule has 0 bridgehead atoms. The Balaban J connectivity index is 0.00000470. The van der Waals surface area contributed by atoms with E-state index in [2.05, 4.69) is 26.2 Å². The normalized spacial score (nSPS) is 15.4. The van der Waals surface area contributed by atoms with E-state index in [4.69, 9.17) is 35.2 Å². The van der Waals surface area contributed by atoms with Gasteiger partial charge >= 0.3 is 106 Å². The molecule has 0 aromatic heterocycles. The van der Waals surface area contributed by atoms with Crippen molar-refractivity contribution in [3.05, 3.63) is 135 Å². The summed E-state index contributed by atoms with van der Waals surface area (Å²) >= 11 is 0. The number of carbonyl (C=O) groups is 4. The Morgan fingerprint density at radius 3 is 1.94 bits per heavy atom. The number of carboxylic acids is 1. The summed E-state index contributed by atoms with van der Waals surface area (Å²) < 4.78 is 158. The zero-order valence-electron chi connectivity index (χ0n) is 47.7. The van der Waals surface area contributed by atoms with Gasteiger partial charge in [0, 0.05) is 59.7 Å². The van der Waals surface area contributed by atoms with Gasteiger partial charge in [-0.2, -0.15) is 13.2 Å². The number of hydrogen-bond acceptors (Lipinski definition) is 23. The van der Waals surface area contributed by atoms with Gasteiger partial charge in [0.25, 0.3) is 11.8 Å². The van der Waals surface area contributed by atoms with E-state index in [-0.39, 0.29) is 205 Å². The summed E-state index contributed by atoms with van der Waals surface area (Å²) in [7, 11) is -14.7. The number of aliphatic hydroxyl groups is 1. The molecular weight excluding hydrogens is 1260 g/mol. The largest absolute Gasteiger partial charge is 1.00 e. The van der Waals surface area contributed by atoms with Gasteiger partial charge in [-0.05, 0) is 85.5 Å². The van der Waals surface area contributed by atoms with E-state index in [1.807, 2.05) is 0 Å². The molecule has 35 heteroatoms. The van der Waals surface area contributed by atoms with Crippen molar-refractivity contribution < 1.29 is 190 Å². The van der Waals surface area contributed by atoms with Gasteiger partial charge in [-0.25, -0.2) is 21.6 Å². The number of esters is 1. The van der Waals surface area contributed by atoms with E-state index >= 15 is 0 Å². The smallest absolute Gasteiger partial charge is 0.744 e. The fraction of sp³-hybridized carbons (Fsp3) is 0.358. The first-order chi connectivity index (χ1) is 40.0. The molecule has 0 saturated carbocycles. The molecule has 5 aromatic carbocycles. The van der Waals surface area contributed by atoms with Crippen LogP contribution in [0.5, 0.6) is 17.2 Å². The summed E-state index contributed by atoms with van der Waals surface area (Å²) in [5.74, 6) is -5.71. The predicted octanol–water partition coefficient (Wildman–Crippen LogP) is -5.49. The second-order valence-electron chi connectivity index (χ2n) is 19.7. The van der Waals surface area contributed by atoms with Crippen LogP contribution in [0.3, 0.4) is 0 Å². The van der Waals surface area contributed by atoms with E-state index in [0.29, 0.717) is 18.4 Å². The van der Waals surface area contributed by atoms with Crippen LogP contribution in [0.15, 0.2) is 105 Å². The van der Waals surface area contributed by atoms with Gasteiger partial charge < -0.3 is 80.1 Å². The Morgan fingerprint density at radius 1 is 0.761 bits per heavy atom. The number of nitrogens with two attached hydrogens (primary N) is 2. The number of carboxylic acid groups (broad SMARTS) is 1. The number of nitrogen functional groups attached to an aromatic ring is 2. The van der Waals surface area contributed by atoms with Crippen LogP contribution in [-0.4, -0.2) is 137 Å². The molecule has 2 amide bonds. The van der Waals surface area contributed by atoms with Gasteiger partial charge in [0.1, 0.15) is 42.4 Å². The number of benzene rings is 5. The van der Waals surface area contributed by atoms with Gasteiger partial charge in [0.2, 0.25) is 7.37 Å². The Labute approximate surface area is 568 Å². The monoisotopic (exact) mass is 1310 g/mol. The molecule has 88 heavy (non-hydrogen) atoms. The number of anilines is 2. The Morgan fingerprint density at radius 2 is 1.35 bits per heavy atom. The van der Waals surface area contributed by atoms with Crippen LogP contribution >= 0.6 is 7.37 Å². The first kappa shape index (κ1) is 74.2. The minimum Gasteiger partial charge on any atom is -0.744 e. The summed E-state index contributed by atoms with van der Waals surface area (Å²) in [5, 5.41) is 36.4. The molecule has 0 aliphatic carbocycles. The van der Waals surface area contributed by atoms with Crippen molar-refractivity contribution in [1.82, 2.24) is 16.0 Å². The van der Waals surface area contributed by atoms with Crippen LogP contribution in [0.4, 0.5) is 24.5 Å². The predicted molar refractivity (Wildman–Crippen MR) is 287 cm³/mol. The first-order valence-electron chi connectivity index (χ1n) is 25.9. The molecule has 0 radical (unpaired) electrons. The Kier molecular flexibility index (Phi) is 25.5. The van der Waals surface area contributed by atoms with Gasteiger partial charge in [0.15, 0.2) is 17.1 Å². The number of aromatic carboxylic acids is 1. The number of carbonyl (C=O) groups excluding carboxylic acids is 4. The zero-order chi connectivity index (χ0) is 61.9. The molecule has 0 saturated heterocycles. The van der Waals surface area contributed by atoms with Gasteiger partial charge in [0.05, 0.1) is 67.2 Å². The number of halogens is 3. The van der Waals surface area contributed by atoms with E-state index < -0.39 is 119 Å². The summed E-state index contributed by atoms with van der Waals surface area (Å²) in [6.45, 7) is 1.24. The quantitative estimate of drug-likeness (QED) is 0.00613. The van der Waals surface area contributed by atoms with Crippen LogP contribution in [0.25, 0.3) is 0 Å². The fourth-order valence-corrected chi connectivity index (χ4v) is 12.8. The number of amides is 2. The number of rotatable bonds is 28. The van der Waals surface area contributed by atoms with Crippen LogP contribution in [0.1, 0.15) is 101 Å². The maximum absolute atomic E-state index is 13.9. The minimum absolute atomic E-state index is 0. The molecule has 0 fully saturated rings. The molecule has 9 N–H and O–H groups in total. The van der Waals surface area contributed by atoms with Gasteiger partial charge in [-0.15, -0.1) is 10.2 Å². The van der Waals surface area contributed by atoms with Gasteiger partial charge in [-0.3, -0.25) is 14.2 Å². The van der Waals surface area contributed by atoms with E-state index in [1.54, 1.807) is 19.1 Å². The second-order valence-corrected chi connectivity index (χ2v) is 24.9. The average molecular weight is 1310 g/mol. The SMILES string of the molecule is C[C@@H](NC[C@H](O)CP(=O)(O)CCCCCNC(=O)c1ccc(C2(C(F)(F)F)N=N2)cc1OCCOCCOCCNC(=O)c1ccc2c(c1)C(=O)OC21c2ccc(N)c(S(=O)(=O)[O-])c2Oc2c1ccc(N)c2S(=O)(=O)[O-])c1cccc(C(=O)[O-])c1.[Na+].[Na+].[Na+]. The molecule has 26 nitrogen and oxygen atoms in total. The molecular formula is C53H54F3N7Na3O19PS2. The van der Waals surface area contributed by atoms with Crippen molar-refractivity contribution >= 4 is 62.7 Å². The van der Waals surface area contributed by atoms with Crippen LogP contribution in [-0.2, 0) is 50.3 Å². The first-order valence-corrected chi connectivity index (χ1v) is 30.7. The zero-order valence-corrected chi connectivity index (χ0v) is 56.2. The molecule has 3 aliphatic heterocycles. The molecule has 8 rings (SSSR count). The standard InChI is InChI=1S/C53H57F3N7O19PS2.3Na/c1-29(30-6-5-7-32(24-30)49(67)68)61-27-34(64)28-83(70,71)23-4-2-3-16-59-48(66)35-10-9-33(52(62-63-52)53(54,55)56)26-42(35)80-22-21-79-20-19-78-18-17-60-47(65)31-8-11-37-36(25-31)50(69)82-51(37)38-12-14-40(57)45(84(72,73)74)43(38)81-44-39(51)13-15-41(58)46(44)85(75,76)77;;;/h5-15,24-26,29,34,61,64H,2-4,16-23,27-28,57-58H2,1H3,(H,59,66)(H,60,65)(H,67,68)(H,70,71)(H,72,73,74)(H,75,76,77);;;/q;3*+1/p-3/t29-,34+;;;/m1.../s1. The second kappa shape index (κ2) is 30.2. The van der Waals surface area contributed by atoms with Crippen LogP contribution in [0.2, 0.25) is 0 Å². The molecule has 5 aromatic rings. The Hall–Kier alpha value is -4.58. The third kappa shape index (κ3) is 16.7. The van der Waals surface area contributed by atoms with Crippen molar-refractivity contribution in [3.63, 3.8) is 0 Å². The molecule has 1 unspecified atom stereocenters. The maximum atomic E-state index is 13.9. The number of hydrogen-bond donors (Lipinski definition) is 7. The molecule has 1 spiro atoms. The van der Waals surface area contributed by atoms with Crippen LogP contribution in [0, 0.1) is 0 Å². The number of fused-ring (bicyclic) bond motifs is 6. The number of unbranched alkanes of at least 4 members (excludes halogenated alkanes) is 2. The number of nitrogens with one attached hydrogen (secondary N) is 3. The summed E-state index contributed by atoms with van der Waals surface area (Å²) in [6, 6.07) is 16.9. The van der Waals surface area contributed by atoms with E-state index in [9.17, 15) is 78.0 Å². The molecule has 3 aliphatic rings. The number of nitrogens with zero attached hydrogens (tertiary/aromatic N) is 2. The number of alkyl halides is 3. The minimum atomic E-state index is -5.48. The van der Waals surface area contributed by atoms with Gasteiger partial charge in [-0.1, -0.05) is 36.8 Å². The van der Waals surface area contributed by atoms with E-state index in [1.165, 1.54) is 36.4 Å². The number of aliphatic hydroxyl groups excluding tert-OH is 1. The van der Waals surface area contributed by atoms with Crippen molar-refractivity contribution in [2.24, 2.45) is 10.2 Å². The fourth-order valence-electron chi connectivity index (χ4n) is 9.65. The maximum Gasteiger partial charge on any atom is 1.00 e. The average Bonchev–Trinajstić information content (AvgIpc) is 1.35. The molecule has 3 heterocycles. The van der Waals surface area contributed by atoms with Crippen molar-refractivity contribution in [2.75, 3.05) is 76.5 Å². The molecule has 3 atom stereocenters. The number of ether oxygens (including phenoxy) is 5. The topological polar surface area (TPSA) is 422 Å². The van der Waals surface area contributed by atoms with Crippen molar-refractivity contribution in [3.8, 4) is 17.2 Å². The summed E-state index contributed by atoms with van der Waals surface area (Å²) in [5.41, 5.74) is 4.53. The third-order valence-corrected chi connectivity index (χ3v) is 17.7. The third-order valence-electron chi connectivity index (χ3n) is 13.8. The van der Waals surface area contributed by atoms with Crippen molar-refractivity contribution in [2.45, 2.75) is 65.6 Å². The molecule has 456 valence electrons. The van der Waals surface area contributed by atoms with Crippen molar-refractivity contribution in [1.29, 1.82) is 0 Å². The van der Waals surface area contributed by atoms with Crippen LogP contribution < -0.4 is 131 Å².